The van der Waals surface area contributed by atoms with Crippen molar-refractivity contribution in [1.29, 1.82) is 0 Å². The first kappa shape index (κ1) is 6.07. The standard InChI is InChI=1S/C7H5NS2/c9-5-6-1-2-7-8(6)3-4-10-7/h1-5H. The Morgan fingerprint density at radius 3 is 3.20 bits per heavy atom. The van der Waals surface area contributed by atoms with Gasteiger partial charge in [0.15, 0.2) is 0 Å². The summed E-state index contributed by atoms with van der Waals surface area (Å²) in [6.45, 7) is 0. The maximum absolute atomic E-state index is 4.82. The summed E-state index contributed by atoms with van der Waals surface area (Å²) in [5.74, 6) is 0. The summed E-state index contributed by atoms with van der Waals surface area (Å²) in [6, 6.07) is 4.10. The Labute approximate surface area is 67.9 Å². The van der Waals surface area contributed by atoms with Crippen molar-refractivity contribution in [3.05, 3.63) is 29.4 Å². The molecule has 0 unspecified atom stereocenters. The van der Waals surface area contributed by atoms with E-state index in [1.165, 1.54) is 4.83 Å². The summed E-state index contributed by atoms with van der Waals surface area (Å²) in [6.07, 6.45) is 2.03. The third kappa shape index (κ3) is 0.711. The SMILES string of the molecule is S=Cc1ccc2sccn12. The lowest BCUT2D eigenvalue weighted by Crippen LogP contribution is -1.82. The van der Waals surface area contributed by atoms with E-state index in [9.17, 15) is 0 Å². The molecule has 0 saturated carbocycles. The molecule has 0 aliphatic heterocycles. The molecule has 0 atom stereocenters. The van der Waals surface area contributed by atoms with E-state index >= 15 is 0 Å². The van der Waals surface area contributed by atoms with E-state index in [1.807, 2.05) is 12.3 Å². The second-order valence-electron chi connectivity index (χ2n) is 1.99. The number of thiocarbonyl (C=S) groups is 1. The molecule has 10 heavy (non-hydrogen) atoms. The van der Waals surface area contributed by atoms with Crippen LogP contribution in [-0.4, -0.2) is 9.77 Å². The van der Waals surface area contributed by atoms with Gasteiger partial charge < -0.3 is 4.40 Å². The van der Waals surface area contributed by atoms with Crippen LogP contribution in [-0.2, 0) is 0 Å². The van der Waals surface area contributed by atoms with Gasteiger partial charge in [0, 0.05) is 16.9 Å². The lowest BCUT2D eigenvalue weighted by Gasteiger charge is -1.85. The zero-order valence-electron chi connectivity index (χ0n) is 5.15. The molecule has 0 fully saturated rings. The van der Waals surface area contributed by atoms with E-state index in [2.05, 4.69) is 15.8 Å². The van der Waals surface area contributed by atoms with Crippen molar-refractivity contribution in [2.75, 3.05) is 0 Å². The quantitative estimate of drug-likeness (QED) is 0.590. The van der Waals surface area contributed by atoms with Gasteiger partial charge in [-0.2, -0.15) is 0 Å². The van der Waals surface area contributed by atoms with Crippen LogP contribution in [0.4, 0.5) is 0 Å². The Bertz CT molecular complexity index is 358. The molecule has 50 valence electrons. The highest BCUT2D eigenvalue weighted by Gasteiger charge is 1.96. The molecule has 0 N–H and O–H groups in total. The van der Waals surface area contributed by atoms with Crippen LogP contribution in [0.1, 0.15) is 5.69 Å². The average Bonchev–Trinajstić information content (AvgIpc) is 2.44. The number of nitrogens with zero attached hydrogens (tertiary/aromatic N) is 1. The smallest absolute Gasteiger partial charge is 0.0995 e. The molecule has 2 aromatic heterocycles. The van der Waals surface area contributed by atoms with Crippen LogP contribution in [0.2, 0.25) is 0 Å². The fraction of sp³-hybridized carbons (Fsp3) is 0. The third-order valence-corrected chi connectivity index (χ3v) is 2.51. The van der Waals surface area contributed by atoms with Crippen LogP contribution in [0.5, 0.6) is 0 Å². The predicted octanol–water partition coefficient (Wildman–Crippen LogP) is 2.35. The molecule has 0 saturated heterocycles. The highest BCUT2D eigenvalue weighted by atomic mass is 32.1. The van der Waals surface area contributed by atoms with Crippen molar-refractivity contribution in [2.24, 2.45) is 0 Å². The van der Waals surface area contributed by atoms with Gasteiger partial charge in [0.1, 0.15) is 0 Å². The minimum absolute atomic E-state index is 1.09. The van der Waals surface area contributed by atoms with Crippen LogP contribution in [0.15, 0.2) is 23.7 Å². The number of hydrogen-bond acceptors (Lipinski definition) is 2. The number of aromatic nitrogens is 1. The summed E-state index contributed by atoms with van der Waals surface area (Å²) in [4.78, 5) is 1.25. The summed E-state index contributed by atoms with van der Waals surface area (Å²) >= 11 is 6.54. The number of thiazole rings is 1. The fourth-order valence-electron chi connectivity index (χ4n) is 0.957. The molecule has 1 nitrogen and oxygen atoms in total. The van der Waals surface area contributed by atoms with Gasteiger partial charge in [0.05, 0.1) is 10.5 Å². The highest BCUT2D eigenvalue weighted by Crippen LogP contribution is 2.14. The normalized spacial score (nSPS) is 10.4. The number of rotatable bonds is 1. The van der Waals surface area contributed by atoms with Crippen LogP contribution in [0.3, 0.4) is 0 Å². The van der Waals surface area contributed by atoms with E-state index in [1.54, 1.807) is 16.7 Å². The maximum atomic E-state index is 4.82. The lowest BCUT2D eigenvalue weighted by molar-refractivity contribution is 1.23. The second-order valence-corrected chi connectivity index (χ2v) is 3.15. The van der Waals surface area contributed by atoms with Crippen LogP contribution < -0.4 is 0 Å². The Balaban J connectivity index is 2.88. The molecule has 0 bridgehead atoms. The zero-order chi connectivity index (χ0) is 6.97. The van der Waals surface area contributed by atoms with Crippen LogP contribution in [0, 0.1) is 0 Å². The van der Waals surface area contributed by atoms with Gasteiger partial charge in [-0.15, -0.1) is 11.3 Å². The van der Waals surface area contributed by atoms with Gasteiger partial charge in [-0.3, -0.25) is 0 Å². The molecular formula is C7H5NS2. The molecule has 0 radical (unpaired) electrons. The first-order valence-corrected chi connectivity index (χ1v) is 4.26. The van der Waals surface area contributed by atoms with E-state index < -0.39 is 0 Å². The van der Waals surface area contributed by atoms with Crippen LogP contribution >= 0.6 is 23.6 Å². The van der Waals surface area contributed by atoms with Crippen molar-refractivity contribution in [1.82, 2.24) is 4.40 Å². The van der Waals surface area contributed by atoms with Crippen molar-refractivity contribution in [3.63, 3.8) is 0 Å². The highest BCUT2D eigenvalue weighted by molar-refractivity contribution is 7.79. The Morgan fingerprint density at radius 2 is 2.40 bits per heavy atom. The molecule has 2 heterocycles. The second kappa shape index (κ2) is 2.18. The molecule has 3 heteroatoms. The van der Waals surface area contributed by atoms with E-state index in [0.29, 0.717) is 0 Å². The Hall–Kier alpha value is -0.670. The maximum Gasteiger partial charge on any atom is 0.0995 e. The molecule has 0 aliphatic carbocycles. The van der Waals surface area contributed by atoms with Crippen molar-refractivity contribution in [3.8, 4) is 0 Å². The fourth-order valence-corrected chi connectivity index (χ4v) is 1.90. The minimum Gasteiger partial charge on any atom is -0.307 e. The molecular weight excluding hydrogens is 162 g/mol. The van der Waals surface area contributed by atoms with E-state index in [0.717, 1.165) is 5.69 Å². The van der Waals surface area contributed by atoms with Gasteiger partial charge in [-0.25, -0.2) is 0 Å². The first-order valence-electron chi connectivity index (χ1n) is 2.91. The molecule has 2 rings (SSSR count). The van der Waals surface area contributed by atoms with Gasteiger partial charge in [-0.1, -0.05) is 12.2 Å². The molecule has 0 aliphatic rings. The molecule has 0 amide bonds. The summed E-state index contributed by atoms with van der Waals surface area (Å²) in [5.41, 5.74) is 1.09. The zero-order valence-corrected chi connectivity index (χ0v) is 6.78. The van der Waals surface area contributed by atoms with Crippen molar-refractivity contribution < 1.29 is 0 Å². The summed E-state index contributed by atoms with van der Waals surface area (Å²) in [5, 5.41) is 3.75. The summed E-state index contributed by atoms with van der Waals surface area (Å²) < 4.78 is 2.08. The topological polar surface area (TPSA) is 4.41 Å². The predicted molar refractivity (Wildman–Crippen MR) is 48.0 cm³/mol. The molecule has 0 spiro atoms. The lowest BCUT2D eigenvalue weighted by atomic mass is 10.5. The number of fused-ring (bicyclic) bond motifs is 1. The Kier molecular flexibility index (Phi) is 1.32. The largest absolute Gasteiger partial charge is 0.307 e. The molecule has 0 aromatic carbocycles. The monoisotopic (exact) mass is 167 g/mol. The Morgan fingerprint density at radius 1 is 1.50 bits per heavy atom. The van der Waals surface area contributed by atoms with Crippen LogP contribution in [0.25, 0.3) is 4.83 Å². The first-order chi connectivity index (χ1) is 4.92. The van der Waals surface area contributed by atoms with Crippen molar-refractivity contribution >= 4 is 33.8 Å². The molecule has 2 aromatic rings. The average molecular weight is 167 g/mol. The third-order valence-electron chi connectivity index (χ3n) is 1.43. The van der Waals surface area contributed by atoms with E-state index in [4.69, 9.17) is 12.2 Å². The number of hydrogen-bond donors (Lipinski definition) is 0. The van der Waals surface area contributed by atoms with Gasteiger partial charge in [0.2, 0.25) is 0 Å². The summed E-state index contributed by atoms with van der Waals surface area (Å²) in [7, 11) is 0. The van der Waals surface area contributed by atoms with Gasteiger partial charge in [0.25, 0.3) is 0 Å². The minimum atomic E-state index is 1.09. The van der Waals surface area contributed by atoms with E-state index in [-0.39, 0.29) is 0 Å². The van der Waals surface area contributed by atoms with Crippen molar-refractivity contribution in [2.45, 2.75) is 0 Å². The van der Waals surface area contributed by atoms with Gasteiger partial charge >= 0.3 is 0 Å². The van der Waals surface area contributed by atoms with Gasteiger partial charge in [-0.05, 0) is 12.1 Å².